The summed E-state index contributed by atoms with van der Waals surface area (Å²) in [7, 11) is 3.53. The molecule has 1 rings (SSSR count). The van der Waals surface area contributed by atoms with Gasteiger partial charge in [0.25, 0.3) is 5.56 Å². The number of rotatable bonds is 4. The van der Waals surface area contributed by atoms with Crippen molar-refractivity contribution in [2.75, 3.05) is 32.2 Å². The molecule has 1 heterocycles. The molecule has 0 saturated carbocycles. The van der Waals surface area contributed by atoms with Crippen LogP contribution in [0.5, 0.6) is 0 Å². The van der Waals surface area contributed by atoms with E-state index in [0.717, 1.165) is 12.2 Å². The second-order valence-corrected chi connectivity index (χ2v) is 2.72. The Labute approximate surface area is 76.3 Å². The van der Waals surface area contributed by atoms with Crippen molar-refractivity contribution in [3.8, 4) is 0 Å². The first-order valence-corrected chi connectivity index (χ1v) is 3.99. The Kier molecular flexibility index (Phi) is 3.45. The standard InChI is InChI=1S/C8H13N3O2/c1-11(3-4-13-2)7-5-8(12)10-9-6-7/h5-6H,3-4H2,1-2H3,(H,10,12). The predicted octanol–water partition coefficient (Wildman–Crippen LogP) is -0.147. The first-order valence-electron chi connectivity index (χ1n) is 3.99. The van der Waals surface area contributed by atoms with Gasteiger partial charge in [0.05, 0.1) is 18.5 Å². The van der Waals surface area contributed by atoms with E-state index in [4.69, 9.17) is 4.74 Å². The molecule has 0 bridgehead atoms. The third-order valence-corrected chi connectivity index (χ3v) is 1.72. The number of ether oxygens (including phenoxy) is 1. The molecule has 0 amide bonds. The highest BCUT2D eigenvalue weighted by Gasteiger charge is 2.00. The van der Waals surface area contributed by atoms with Crippen LogP contribution in [0, 0.1) is 0 Å². The van der Waals surface area contributed by atoms with Crippen LogP contribution in [0.2, 0.25) is 0 Å². The summed E-state index contributed by atoms with van der Waals surface area (Å²) in [6, 6.07) is 1.50. The minimum atomic E-state index is -0.193. The number of likely N-dealkylation sites (N-methyl/N-ethyl adjacent to an activating group) is 1. The molecule has 0 radical (unpaired) electrons. The summed E-state index contributed by atoms with van der Waals surface area (Å²) in [5.41, 5.74) is 0.600. The smallest absolute Gasteiger partial charge is 0.266 e. The highest BCUT2D eigenvalue weighted by atomic mass is 16.5. The second-order valence-electron chi connectivity index (χ2n) is 2.72. The van der Waals surface area contributed by atoms with E-state index >= 15 is 0 Å². The first-order chi connectivity index (χ1) is 6.24. The van der Waals surface area contributed by atoms with Gasteiger partial charge >= 0.3 is 0 Å². The van der Waals surface area contributed by atoms with Crippen molar-refractivity contribution in [2.45, 2.75) is 0 Å². The molecule has 0 aliphatic rings. The Balaban J connectivity index is 2.65. The monoisotopic (exact) mass is 183 g/mol. The van der Waals surface area contributed by atoms with E-state index in [1.54, 1.807) is 13.3 Å². The van der Waals surface area contributed by atoms with Gasteiger partial charge in [0.15, 0.2) is 0 Å². The number of aromatic amines is 1. The van der Waals surface area contributed by atoms with Crippen LogP contribution < -0.4 is 10.5 Å². The predicted molar refractivity (Wildman–Crippen MR) is 50.0 cm³/mol. The average molecular weight is 183 g/mol. The van der Waals surface area contributed by atoms with Crippen molar-refractivity contribution < 1.29 is 4.74 Å². The highest BCUT2D eigenvalue weighted by Crippen LogP contribution is 2.04. The van der Waals surface area contributed by atoms with Crippen molar-refractivity contribution in [2.24, 2.45) is 0 Å². The molecule has 72 valence electrons. The third-order valence-electron chi connectivity index (χ3n) is 1.72. The van der Waals surface area contributed by atoms with Gasteiger partial charge in [-0.05, 0) is 0 Å². The largest absolute Gasteiger partial charge is 0.383 e. The molecule has 0 spiro atoms. The molecule has 0 fully saturated rings. The summed E-state index contributed by atoms with van der Waals surface area (Å²) >= 11 is 0. The van der Waals surface area contributed by atoms with E-state index in [9.17, 15) is 4.79 Å². The maximum atomic E-state index is 10.9. The lowest BCUT2D eigenvalue weighted by Gasteiger charge is -2.17. The van der Waals surface area contributed by atoms with Crippen molar-refractivity contribution in [3.05, 3.63) is 22.6 Å². The van der Waals surface area contributed by atoms with Gasteiger partial charge in [-0.2, -0.15) is 5.10 Å². The van der Waals surface area contributed by atoms with Crippen molar-refractivity contribution in [1.29, 1.82) is 0 Å². The van der Waals surface area contributed by atoms with Crippen LogP contribution in [0.1, 0.15) is 0 Å². The molecular formula is C8H13N3O2. The zero-order chi connectivity index (χ0) is 9.68. The third kappa shape index (κ3) is 2.87. The number of aromatic nitrogens is 2. The molecule has 0 saturated heterocycles. The lowest BCUT2D eigenvalue weighted by atomic mass is 10.4. The molecule has 5 heteroatoms. The van der Waals surface area contributed by atoms with Crippen molar-refractivity contribution in [3.63, 3.8) is 0 Å². The number of hydrogen-bond acceptors (Lipinski definition) is 4. The molecule has 0 atom stereocenters. The van der Waals surface area contributed by atoms with Gasteiger partial charge < -0.3 is 9.64 Å². The number of H-pyrrole nitrogens is 1. The van der Waals surface area contributed by atoms with E-state index in [2.05, 4.69) is 10.2 Å². The Morgan fingerprint density at radius 2 is 2.46 bits per heavy atom. The van der Waals surface area contributed by atoms with Crippen LogP contribution in [-0.4, -0.2) is 37.5 Å². The van der Waals surface area contributed by atoms with Crippen LogP contribution in [0.3, 0.4) is 0 Å². The lowest BCUT2D eigenvalue weighted by Crippen LogP contribution is -2.23. The van der Waals surface area contributed by atoms with Gasteiger partial charge in [-0.15, -0.1) is 0 Å². The Morgan fingerprint density at radius 1 is 1.69 bits per heavy atom. The van der Waals surface area contributed by atoms with Crippen molar-refractivity contribution in [1.82, 2.24) is 10.2 Å². The van der Waals surface area contributed by atoms with E-state index in [-0.39, 0.29) is 5.56 Å². The Morgan fingerprint density at radius 3 is 3.08 bits per heavy atom. The Hall–Kier alpha value is -1.36. The SMILES string of the molecule is COCCN(C)c1cn[nH]c(=O)c1. The summed E-state index contributed by atoms with van der Waals surface area (Å²) in [5.74, 6) is 0. The molecule has 0 aromatic carbocycles. The number of anilines is 1. The molecule has 1 aromatic rings. The fraction of sp³-hybridized carbons (Fsp3) is 0.500. The van der Waals surface area contributed by atoms with Crippen LogP contribution in [0.15, 0.2) is 17.1 Å². The van der Waals surface area contributed by atoms with Gasteiger partial charge in [-0.3, -0.25) is 4.79 Å². The second kappa shape index (κ2) is 4.61. The number of nitrogens with one attached hydrogen (secondary N) is 1. The van der Waals surface area contributed by atoms with E-state index in [1.165, 1.54) is 6.07 Å². The van der Waals surface area contributed by atoms with E-state index < -0.39 is 0 Å². The quantitative estimate of drug-likeness (QED) is 0.705. The van der Waals surface area contributed by atoms with Gasteiger partial charge in [0, 0.05) is 26.8 Å². The minimum absolute atomic E-state index is 0.193. The molecule has 0 aliphatic heterocycles. The molecule has 0 aliphatic carbocycles. The van der Waals surface area contributed by atoms with Gasteiger partial charge in [0.2, 0.25) is 0 Å². The molecule has 1 N–H and O–H groups in total. The number of hydrogen-bond donors (Lipinski definition) is 1. The topological polar surface area (TPSA) is 58.2 Å². The molecule has 1 aromatic heterocycles. The lowest BCUT2D eigenvalue weighted by molar-refractivity contribution is 0.206. The summed E-state index contributed by atoms with van der Waals surface area (Å²) < 4.78 is 4.92. The highest BCUT2D eigenvalue weighted by molar-refractivity contribution is 5.41. The van der Waals surface area contributed by atoms with Crippen molar-refractivity contribution >= 4 is 5.69 Å². The fourth-order valence-corrected chi connectivity index (χ4v) is 0.932. The maximum Gasteiger partial charge on any atom is 0.266 e. The van der Waals surface area contributed by atoms with Gasteiger partial charge in [0.1, 0.15) is 0 Å². The first kappa shape index (κ1) is 9.73. The van der Waals surface area contributed by atoms with Gasteiger partial charge in [-0.1, -0.05) is 0 Å². The Bertz CT molecular complexity index is 310. The number of nitrogens with zero attached hydrogens (tertiary/aromatic N) is 2. The minimum Gasteiger partial charge on any atom is -0.383 e. The fourth-order valence-electron chi connectivity index (χ4n) is 0.932. The average Bonchev–Trinajstić information content (AvgIpc) is 2.14. The van der Waals surface area contributed by atoms with Gasteiger partial charge in [-0.25, -0.2) is 5.10 Å². The summed E-state index contributed by atoms with van der Waals surface area (Å²) in [6.07, 6.45) is 1.61. The molecule has 0 unspecified atom stereocenters. The van der Waals surface area contributed by atoms with Crippen LogP contribution in [-0.2, 0) is 4.74 Å². The van der Waals surface area contributed by atoms with Crippen LogP contribution in [0.4, 0.5) is 5.69 Å². The maximum absolute atomic E-state index is 10.9. The number of methoxy groups -OCH3 is 1. The zero-order valence-electron chi connectivity index (χ0n) is 7.78. The van der Waals surface area contributed by atoms with E-state index in [1.807, 2.05) is 11.9 Å². The normalized spacial score (nSPS) is 10.0. The van der Waals surface area contributed by atoms with Crippen LogP contribution in [0.25, 0.3) is 0 Å². The summed E-state index contributed by atoms with van der Waals surface area (Å²) in [5, 5.41) is 6.01. The van der Waals surface area contributed by atoms with E-state index in [0.29, 0.717) is 6.61 Å². The molecule has 13 heavy (non-hydrogen) atoms. The summed E-state index contributed by atoms with van der Waals surface area (Å²) in [4.78, 5) is 12.8. The molecular weight excluding hydrogens is 170 g/mol. The van der Waals surface area contributed by atoms with Crippen LogP contribution >= 0.6 is 0 Å². The summed E-state index contributed by atoms with van der Waals surface area (Å²) in [6.45, 7) is 1.37. The molecule has 5 nitrogen and oxygen atoms in total. The zero-order valence-corrected chi connectivity index (χ0v) is 7.78.